The van der Waals surface area contributed by atoms with Crippen LogP contribution in [0.3, 0.4) is 0 Å². The number of nitrogens with zero attached hydrogens (tertiary/aromatic N) is 2. The summed E-state index contributed by atoms with van der Waals surface area (Å²) in [6, 6.07) is 9.78. The van der Waals surface area contributed by atoms with Crippen LogP contribution in [-0.4, -0.2) is 54.7 Å². The summed E-state index contributed by atoms with van der Waals surface area (Å²) in [5.74, 6) is 0.997. The highest BCUT2D eigenvalue weighted by Crippen LogP contribution is 2.24. The van der Waals surface area contributed by atoms with E-state index in [1.54, 1.807) is 0 Å². The molecule has 0 spiro atoms. The Hall–Kier alpha value is -1.06. The van der Waals surface area contributed by atoms with Gasteiger partial charge in [0.1, 0.15) is 12.4 Å². The summed E-state index contributed by atoms with van der Waals surface area (Å²) in [6.07, 6.45) is 2.76. The van der Waals surface area contributed by atoms with E-state index in [0.29, 0.717) is 6.04 Å². The monoisotopic (exact) mass is 274 g/mol. The third-order valence-corrected chi connectivity index (χ3v) is 4.70. The lowest BCUT2D eigenvalue weighted by Crippen LogP contribution is -2.55. The maximum absolute atomic E-state index is 5.89. The van der Waals surface area contributed by atoms with Gasteiger partial charge in [-0.15, -0.1) is 0 Å². The van der Waals surface area contributed by atoms with E-state index < -0.39 is 0 Å². The number of fused-ring (bicyclic) bond motifs is 1. The average Bonchev–Trinajstić information content (AvgIpc) is 2.86. The summed E-state index contributed by atoms with van der Waals surface area (Å²) < 4.78 is 5.89. The number of hydrogen-bond acceptors (Lipinski definition) is 3. The van der Waals surface area contributed by atoms with Crippen molar-refractivity contribution in [1.82, 2.24) is 9.80 Å². The Morgan fingerprint density at radius 1 is 1.30 bits per heavy atom. The summed E-state index contributed by atoms with van der Waals surface area (Å²) in [5, 5.41) is 0. The topological polar surface area (TPSA) is 15.7 Å². The van der Waals surface area contributed by atoms with Crippen molar-refractivity contribution in [2.75, 3.05) is 32.8 Å². The van der Waals surface area contributed by atoms with E-state index in [0.717, 1.165) is 24.9 Å². The second-order valence-electron chi connectivity index (χ2n) is 6.30. The average molecular weight is 274 g/mol. The summed E-state index contributed by atoms with van der Waals surface area (Å²) in [6.45, 7) is 10.0. The van der Waals surface area contributed by atoms with Crippen molar-refractivity contribution in [3.05, 3.63) is 29.8 Å². The van der Waals surface area contributed by atoms with Crippen molar-refractivity contribution in [2.24, 2.45) is 0 Å². The highest BCUT2D eigenvalue weighted by molar-refractivity contribution is 5.27. The summed E-state index contributed by atoms with van der Waals surface area (Å²) in [4.78, 5) is 5.27. The van der Waals surface area contributed by atoms with Crippen molar-refractivity contribution in [3.8, 4) is 5.75 Å². The molecule has 20 heavy (non-hydrogen) atoms. The van der Waals surface area contributed by atoms with Crippen molar-refractivity contribution < 1.29 is 4.74 Å². The van der Waals surface area contributed by atoms with E-state index >= 15 is 0 Å². The van der Waals surface area contributed by atoms with Crippen LogP contribution < -0.4 is 4.74 Å². The highest BCUT2D eigenvalue weighted by atomic mass is 16.5. The number of piperazine rings is 1. The Kier molecular flexibility index (Phi) is 4.27. The lowest BCUT2D eigenvalue weighted by atomic mass is 10.1. The van der Waals surface area contributed by atoms with Gasteiger partial charge in [0, 0.05) is 31.7 Å². The fourth-order valence-electron chi connectivity index (χ4n) is 3.55. The number of ether oxygens (including phenoxy) is 1. The maximum atomic E-state index is 5.89. The normalized spacial score (nSPS) is 27.5. The van der Waals surface area contributed by atoms with Crippen molar-refractivity contribution >= 4 is 0 Å². The fourth-order valence-corrected chi connectivity index (χ4v) is 3.55. The number of benzene rings is 1. The first kappa shape index (κ1) is 13.9. The van der Waals surface area contributed by atoms with E-state index in [4.69, 9.17) is 4.74 Å². The van der Waals surface area contributed by atoms with Crippen molar-refractivity contribution in [2.45, 2.75) is 38.8 Å². The summed E-state index contributed by atoms with van der Waals surface area (Å²) in [5.41, 5.74) is 1.26. The van der Waals surface area contributed by atoms with Gasteiger partial charge in [0.25, 0.3) is 0 Å². The summed E-state index contributed by atoms with van der Waals surface area (Å²) >= 11 is 0. The minimum Gasteiger partial charge on any atom is -0.492 e. The second-order valence-corrected chi connectivity index (χ2v) is 6.30. The minimum atomic E-state index is 0.658. The van der Waals surface area contributed by atoms with Crippen LogP contribution in [0.15, 0.2) is 24.3 Å². The van der Waals surface area contributed by atoms with E-state index in [2.05, 4.69) is 41.8 Å². The van der Waals surface area contributed by atoms with Gasteiger partial charge in [0.2, 0.25) is 0 Å². The van der Waals surface area contributed by atoms with Crippen molar-refractivity contribution in [3.63, 3.8) is 0 Å². The maximum Gasteiger partial charge on any atom is 0.119 e. The molecular formula is C17H26N2O. The Morgan fingerprint density at radius 3 is 3.05 bits per heavy atom. The standard InChI is InChI=1S/C17H26N2O/c1-14-5-3-7-17(11-14)20-10-9-18-13-16-6-4-8-19(16)12-15(18)2/h3,5,7,11,15-16H,4,6,8-10,12-13H2,1-2H3. The molecular weight excluding hydrogens is 248 g/mol. The van der Waals surface area contributed by atoms with Gasteiger partial charge >= 0.3 is 0 Å². The third kappa shape index (κ3) is 3.15. The van der Waals surface area contributed by atoms with E-state index in [1.165, 1.54) is 38.0 Å². The SMILES string of the molecule is Cc1cccc(OCCN2CC3CCCN3CC2C)c1. The zero-order valence-electron chi connectivity index (χ0n) is 12.7. The number of hydrogen-bond donors (Lipinski definition) is 0. The Labute approximate surface area is 122 Å². The Morgan fingerprint density at radius 2 is 2.20 bits per heavy atom. The Balaban J connectivity index is 1.48. The van der Waals surface area contributed by atoms with Gasteiger partial charge in [-0.05, 0) is 50.9 Å². The van der Waals surface area contributed by atoms with Gasteiger partial charge in [0.15, 0.2) is 0 Å². The molecule has 2 heterocycles. The molecule has 1 aromatic rings. The molecule has 0 radical (unpaired) electrons. The molecule has 0 aliphatic carbocycles. The molecule has 0 bridgehead atoms. The van der Waals surface area contributed by atoms with E-state index in [1.807, 2.05) is 6.07 Å². The molecule has 110 valence electrons. The van der Waals surface area contributed by atoms with Crippen LogP contribution in [0.2, 0.25) is 0 Å². The van der Waals surface area contributed by atoms with Crippen LogP contribution in [-0.2, 0) is 0 Å². The highest BCUT2D eigenvalue weighted by Gasteiger charge is 2.33. The van der Waals surface area contributed by atoms with E-state index in [-0.39, 0.29) is 0 Å². The molecule has 2 fully saturated rings. The van der Waals surface area contributed by atoms with Crippen LogP contribution in [0.5, 0.6) is 5.75 Å². The molecule has 3 heteroatoms. The summed E-state index contributed by atoms with van der Waals surface area (Å²) in [7, 11) is 0. The molecule has 3 nitrogen and oxygen atoms in total. The van der Waals surface area contributed by atoms with Crippen LogP contribution in [0.25, 0.3) is 0 Å². The smallest absolute Gasteiger partial charge is 0.119 e. The molecule has 2 aliphatic heterocycles. The van der Waals surface area contributed by atoms with Gasteiger partial charge in [-0.3, -0.25) is 9.80 Å². The molecule has 1 aromatic carbocycles. The lowest BCUT2D eigenvalue weighted by molar-refractivity contribution is 0.0500. The molecule has 2 unspecified atom stereocenters. The molecule has 0 aromatic heterocycles. The molecule has 2 saturated heterocycles. The molecule has 0 amide bonds. The van der Waals surface area contributed by atoms with Gasteiger partial charge in [0.05, 0.1) is 0 Å². The molecule has 0 N–H and O–H groups in total. The molecule has 0 saturated carbocycles. The fraction of sp³-hybridized carbons (Fsp3) is 0.647. The van der Waals surface area contributed by atoms with Crippen molar-refractivity contribution in [1.29, 1.82) is 0 Å². The van der Waals surface area contributed by atoms with Gasteiger partial charge in [-0.25, -0.2) is 0 Å². The first-order valence-electron chi connectivity index (χ1n) is 7.90. The molecule has 3 rings (SSSR count). The third-order valence-electron chi connectivity index (χ3n) is 4.70. The van der Waals surface area contributed by atoms with E-state index in [9.17, 15) is 0 Å². The predicted octanol–water partition coefficient (Wildman–Crippen LogP) is 2.54. The number of aryl methyl sites for hydroxylation is 1. The largest absolute Gasteiger partial charge is 0.492 e. The molecule has 2 atom stereocenters. The predicted molar refractivity (Wildman–Crippen MR) is 82.3 cm³/mol. The minimum absolute atomic E-state index is 0.658. The van der Waals surface area contributed by atoms with Crippen LogP contribution in [0.4, 0.5) is 0 Å². The first-order valence-corrected chi connectivity index (χ1v) is 7.90. The lowest BCUT2D eigenvalue weighted by Gasteiger charge is -2.42. The zero-order valence-corrected chi connectivity index (χ0v) is 12.7. The van der Waals surface area contributed by atoms with Gasteiger partial charge in [-0.2, -0.15) is 0 Å². The Bertz CT molecular complexity index is 448. The number of rotatable bonds is 4. The van der Waals surface area contributed by atoms with Crippen LogP contribution in [0.1, 0.15) is 25.3 Å². The molecule has 2 aliphatic rings. The zero-order chi connectivity index (χ0) is 13.9. The van der Waals surface area contributed by atoms with Crippen LogP contribution in [0, 0.1) is 6.92 Å². The van der Waals surface area contributed by atoms with Gasteiger partial charge < -0.3 is 4.74 Å². The quantitative estimate of drug-likeness (QED) is 0.839. The first-order chi connectivity index (χ1) is 9.72. The second kappa shape index (κ2) is 6.15. The van der Waals surface area contributed by atoms with Gasteiger partial charge in [-0.1, -0.05) is 12.1 Å². The van der Waals surface area contributed by atoms with Crippen LogP contribution >= 0.6 is 0 Å².